The molecule has 0 saturated heterocycles. The fraction of sp³-hybridized carbons (Fsp3) is 0. The predicted molar refractivity (Wildman–Crippen MR) is 87.4 cm³/mol. The number of aromatic hydroxyl groups is 1. The molecule has 2 amide bonds. The summed E-state index contributed by atoms with van der Waals surface area (Å²) in [6.07, 6.45) is 0.890. The predicted octanol–water partition coefficient (Wildman–Crippen LogP) is -0.162. The summed E-state index contributed by atoms with van der Waals surface area (Å²) < 4.78 is 1.84. The normalized spacial score (nSPS) is 10.8. The molecule has 0 fully saturated rings. The Kier molecular flexibility index (Phi) is 4.60. The Morgan fingerprint density at radius 3 is 2.59 bits per heavy atom. The van der Waals surface area contributed by atoms with Gasteiger partial charge in [0.25, 0.3) is 5.56 Å². The first-order chi connectivity index (χ1) is 10.4. The zero-order valence-corrected chi connectivity index (χ0v) is 13.1. The van der Waals surface area contributed by atoms with E-state index in [4.69, 9.17) is 5.73 Å². The van der Waals surface area contributed by atoms with E-state index in [2.05, 4.69) is 32.7 Å². The van der Waals surface area contributed by atoms with Gasteiger partial charge in [-0.2, -0.15) is 5.10 Å². The summed E-state index contributed by atoms with van der Waals surface area (Å²) in [6.45, 7) is 0. The average molecular weight is 415 g/mol. The number of hydrazone groups is 1. The van der Waals surface area contributed by atoms with Crippen molar-refractivity contribution in [2.45, 2.75) is 0 Å². The van der Waals surface area contributed by atoms with Gasteiger partial charge in [-0.3, -0.25) is 9.78 Å². The monoisotopic (exact) mass is 415 g/mol. The summed E-state index contributed by atoms with van der Waals surface area (Å²) in [5.74, 6) is -0.607. The molecule has 0 aliphatic rings. The molecule has 114 valence electrons. The summed E-state index contributed by atoms with van der Waals surface area (Å²) in [6, 6.07) is 5.73. The zero-order valence-electron chi connectivity index (χ0n) is 10.9. The van der Waals surface area contributed by atoms with Gasteiger partial charge in [0, 0.05) is 3.57 Å². The van der Waals surface area contributed by atoms with E-state index in [1.165, 1.54) is 0 Å². The molecule has 2 rings (SSSR count). The number of hydrogen-bond donors (Lipinski definition) is 4. The molecule has 1 heterocycles. The van der Waals surface area contributed by atoms with Gasteiger partial charge in [0.05, 0.1) is 11.9 Å². The third-order valence-corrected chi connectivity index (χ3v) is 3.29. The van der Waals surface area contributed by atoms with Crippen LogP contribution in [0.4, 0.5) is 4.79 Å². The number of benzene rings is 1. The van der Waals surface area contributed by atoms with E-state index >= 15 is 0 Å². The number of primary amides is 1. The largest absolute Gasteiger partial charge is 0.493 e. The second-order valence-corrected chi connectivity index (χ2v) is 5.29. The highest BCUT2D eigenvalue weighted by Crippen LogP contribution is 2.16. The van der Waals surface area contributed by atoms with Gasteiger partial charge in [-0.15, -0.1) is 0 Å². The van der Waals surface area contributed by atoms with Crippen molar-refractivity contribution in [2.75, 3.05) is 0 Å². The number of urea groups is 1. The molecule has 0 bridgehead atoms. The molecule has 22 heavy (non-hydrogen) atoms. The molecule has 2 aromatic rings. The van der Waals surface area contributed by atoms with Crippen molar-refractivity contribution in [3.63, 3.8) is 0 Å². The minimum Gasteiger partial charge on any atom is -0.493 e. The number of halogens is 1. The van der Waals surface area contributed by atoms with Gasteiger partial charge in [0.2, 0.25) is 5.88 Å². The van der Waals surface area contributed by atoms with E-state index in [1.807, 2.05) is 5.43 Å². The van der Waals surface area contributed by atoms with Crippen LogP contribution in [0.1, 0.15) is 5.56 Å². The van der Waals surface area contributed by atoms with Crippen LogP contribution >= 0.6 is 22.6 Å². The number of amides is 2. The second kappa shape index (κ2) is 6.43. The van der Waals surface area contributed by atoms with E-state index in [0.29, 0.717) is 5.69 Å². The molecule has 0 atom stereocenters. The van der Waals surface area contributed by atoms with Gasteiger partial charge in [-0.1, -0.05) is 0 Å². The number of H-pyrrole nitrogens is 1. The highest BCUT2D eigenvalue weighted by Gasteiger charge is 2.14. The Bertz CT molecular complexity index is 853. The fourth-order valence-electron chi connectivity index (χ4n) is 1.65. The van der Waals surface area contributed by atoms with Crippen molar-refractivity contribution in [2.24, 2.45) is 10.8 Å². The highest BCUT2D eigenvalue weighted by atomic mass is 127. The number of hydrogen-bond acceptors (Lipinski definition) is 5. The van der Waals surface area contributed by atoms with E-state index in [-0.39, 0.29) is 5.56 Å². The van der Waals surface area contributed by atoms with Crippen molar-refractivity contribution < 1.29 is 9.90 Å². The first-order valence-electron chi connectivity index (χ1n) is 5.83. The van der Waals surface area contributed by atoms with E-state index in [0.717, 1.165) is 14.4 Å². The zero-order chi connectivity index (χ0) is 16.3. The number of nitrogens with two attached hydrogens (primary N) is 1. The molecular formula is C12H10IN5O4. The Morgan fingerprint density at radius 2 is 2.00 bits per heavy atom. The lowest BCUT2D eigenvalue weighted by molar-refractivity contribution is 0.249. The first kappa shape index (κ1) is 15.8. The SMILES string of the molecule is NC(=O)NN=Cc1c(O)n(-c2ccc(I)cc2)c(=O)[nH]c1=O. The van der Waals surface area contributed by atoms with Crippen LogP contribution in [-0.4, -0.2) is 26.9 Å². The minimum atomic E-state index is -0.932. The lowest BCUT2D eigenvalue weighted by Crippen LogP contribution is -2.32. The third-order valence-electron chi connectivity index (χ3n) is 2.57. The van der Waals surface area contributed by atoms with E-state index < -0.39 is 23.2 Å². The Hall–Kier alpha value is -2.63. The third kappa shape index (κ3) is 3.33. The van der Waals surface area contributed by atoms with Gasteiger partial charge >= 0.3 is 11.7 Å². The summed E-state index contributed by atoms with van der Waals surface area (Å²) >= 11 is 2.09. The standard InChI is InChI=1S/C12H10IN5O4/c13-6-1-3-7(4-2-6)18-10(20)8(5-15-17-11(14)21)9(19)16-12(18)22/h1-5,20H,(H3,14,17,21)(H,16,19,22). The van der Waals surface area contributed by atoms with Crippen LogP contribution in [-0.2, 0) is 0 Å². The molecule has 0 radical (unpaired) electrons. The smallest absolute Gasteiger partial charge is 0.335 e. The van der Waals surface area contributed by atoms with Crippen LogP contribution in [0.5, 0.6) is 5.88 Å². The maximum atomic E-state index is 11.9. The molecule has 0 aliphatic heterocycles. The van der Waals surface area contributed by atoms with Crippen molar-refractivity contribution in [1.29, 1.82) is 0 Å². The number of nitrogens with one attached hydrogen (secondary N) is 2. The van der Waals surface area contributed by atoms with Gasteiger partial charge in [0.15, 0.2) is 0 Å². The molecule has 1 aromatic heterocycles. The lowest BCUT2D eigenvalue weighted by atomic mass is 10.3. The Balaban J connectivity index is 2.58. The van der Waals surface area contributed by atoms with Crippen molar-refractivity contribution in [3.8, 4) is 11.6 Å². The maximum absolute atomic E-state index is 11.9. The molecular weight excluding hydrogens is 405 g/mol. The maximum Gasteiger partial charge on any atom is 0.335 e. The number of carbonyl (C=O) groups excluding carboxylic acids is 1. The number of carbonyl (C=O) groups is 1. The first-order valence-corrected chi connectivity index (χ1v) is 6.91. The molecule has 0 aliphatic carbocycles. The quantitative estimate of drug-likeness (QED) is 0.314. The number of nitrogens with zero attached hydrogens (tertiary/aromatic N) is 2. The highest BCUT2D eigenvalue weighted by molar-refractivity contribution is 14.1. The van der Waals surface area contributed by atoms with Gasteiger partial charge in [-0.05, 0) is 46.9 Å². The minimum absolute atomic E-state index is 0.299. The van der Waals surface area contributed by atoms with Gasteiger partial charge in [-0.25, -0.2) is 19.6 Å². The Morgan fingerprint density at radius 1 is 1.36 bits per heavy atom. The van der Waals surface area contributed by atoms with Crippen LogP contribution in [0.25, 0.3) is 5.69 Å². The molecule has 0 unspecified atom stereocenters. The van der Waals surface area contributed by atoms with Gasteiger partial charge < -0.3 is 10.8 Å². The van der Waals surface area contributed by atoms with Crippen LogP contribution in [0.15, 0.2) is 39.0 Å². The van der Waals surface area contributed by atoms with Crippen LogP contribution in [0, 0.1) is 3.57 Å². The van der Waals surface area contributed by atoms with Crippen LogP contribution in [0.3, 0.4) is 0 Å². The Labute approximate surface area is 136 Å². The van der Waals surface area contributed by atoms with E-state index in [9.17, 15) is 19.5 Å². The van der Waals surface area contributed by atoms with Gasteiger partial charge in [0.1, 0.15) is 5.56 Å². The van der Waals surface area contributed by atoms with Crippen LogP contribution < -0.4 is 22.4 Å². The number of aromatic amines is 1. The summed E-state index contributed by atoms with van der Waals surface area (Å²) in [5.41, 5.74) is 5.12. The number of rotatable bonds is 3. The topological polar surface area (TPSA) is 143 Å². The molecule has 10 heteroatoms. The van der Waals surface area contributed by atoms with E-state index in [1.54, 1.807) is 24.3 Å². The van der Waals surface area contributed by atoms with Crippen molar-refractivity contribution >= 4 is 34.8 Å². The van der Waals surface area contributed by atoms with Crippen LogP contribution in [0.2, 0.25) is 0 Å². The summed E-state index contributed by atoms with van der Waals surface area (Å²) in [7, 11) is 0. The summed E-state index contributed by atoms with van der Waals surface area (Å²) in [5, 5.41) is 13.5. The summed E-state index contributed by atoms with van der Waals surface area (Å²) in [4.78, 5) is 36.2. The second-order valence-electron chi connectivity index (χ2n) is 4.04. The lowest BCUT2D eigenvalue weighted by Gasteiger charge is -2.09. The van der Waals surface area contributed by atoms with Crippen molar-refractivity contribution in [1.82, 2.24) is 15.0 Å². The molecule has 0 spiro atoms. The van der Waals surface area contributed by atoms with Crippen molar-refractivity contribution in [3.05, 3.63) is 54.2 Å². The molecule has 1 aromatic carbocycles. The molecule has 5 N–H and O–H groups in total. The molecule has 0 saturated carbocycles. The number of aromatic nitrogens is 2. The molecule has 9 nitrogen and oxygen atoms in total. The fourth-order valence-corrected chi connectivity index (χ4v) is 2.00. The average Bonchev–Trinajstić information content (AvgIpc) is 2.44.